The molecule has 29 heavy (non-hydrogen) atoms. The fourth-order valence-corrected chi connectivity index (χ4v) is 5.14. The fraction of sp³-hybridized carbons (Fsp3) is 0.522. The van der Waals surface area contributed by atoms with Gasteiger partial charge in [-0.05, 0) is 30.2 Å². The summed E-state index contributed by atoms with van der Waals surface area (Å²) in [4.78, 5) is 16.5. The third-order valence-corrected chi connectivity index (χ3v) is 7.10. The van der Waals surface area contributed by atoms with E-state index in [-0.39, 0.29) is 5.78 Å². The molecular formula is C23H31N3O2S. The van der Waals surface area contributed by atoms with Crippen molar-refractivity contribution in [2.75, 3.05) is 46.4 Å². The summed E-state index contributed by atoms with van der Waals surface area (Å²) in [5, 5.41) is 9.52. The van der Waals surface area contributed by atoms with Crippen LogP contribution < -0.4 is 10.6 Å². The first-order valence-electron chi connectivity index (χ1n) is 10.5. The first-order valence-corrected chi connectivity index (χ1v) is 11.1. The SMILES string of the molecule is COCCC1(C(=O)c2cccc3ccccc23)CNCCN1CC1NCCC1S. The Bertz CT molecular complexity index is 856. The third kappa shape index (κ3) is 4.09. The Morgan fingerprint density at radius 3 is 2.86 bits per heavy atom. The number of thiol groups is 1. The van der Waals surface area contributed by atoms with Crippen molar-refractivity contribution in [3.8, 4) is 0 Å². The van der Waals surface area contributed by atoms with Gasteiger partial charge in [0.15, 0.2) is 5.78 Å². The standard InChI is InChI=1S/C23H31N3O2S/c1-28-14-10-23(16-24-12-13-26(23)15-20-21(29)9-11-25-20)22(27)19-8-4-6-17-5-2-3-7-18(17)19/h2-8,20-21,24-25,29H,9-16H2,1H3. The van der Waals surface area contributed by atoms with E-state index in [4.69, 9.17) is 17.4 Å². The van der Waals surface area contributed by atoms with E-state index in [0.717, 1.165) is 48.9 Å². The molecule has 2 saturated heterocycles. The second-order valence-electron chi connectivity index (χ2n) is 8.17. The molecule has 0 aliphatic carbocycles. The van der Waals surface area contributed by atoms with Gasteiger partial charge in [0.05, 0.1) is 5.54 Å². The minimum absolute atomic E-state index is 0.187. The first-order chi connectivity index (χ1) is 14.2. The molecule has 3 unspecified atom stereocenters. The molecule has 2 aromatic rings. The van der Waals surface area contributed by atoms with E-state index in [1.807, 2.05) is 24.3 Å². The zero-order valence-electron chi connectivity index (χ0n) is 17.1. The summed E-state index contributed by atoms with van der Waals surface area (Å²) in [6.07, 6.45) is 1.74. The van der Waals surface area contributed by atoms with Gasteiger partial charge in [-0.2, -0.15) is 12.6 Å². The number of methoxy groups -OCH3 is 1. The highest BCUT2D eigenvalue weighted by molar-refractivity contribution is 7.81. The lowest BCUT2D eigenvalue weighted by Crippen LogP contribution is -2.67. The number of piperazine rings is 1. The number of fused-ring (bicyclic) bond motifs is 1. The molecule has 0 bridgehead atoms. The summed E-state index contributed by atoms with van der Waals surface area (Å²) in [7, 11) is 1.71. The van der Waals surface area contributed by atoms with E-state index in [0.29, 0.717) is 30.9 Å². The lowest BCUT2D eigenvalue weighted by Gasteiger charge is -2.47. The molecule has 2 heterocycles. The first kappa shape index (κ1) is 20.8. The van der Waals surface area contributed by atoms with Crippen molar-refractivity contribution in [2.24, 2.45) is 0 Å². The molecule has 0 aromatic heterocycles. The molecular weight excluding hydrogens is 382 g/mol. The van der Waals surface area contributed by atoms with Crippen molar-refractivity contribution < 1.29 is 9.53 Å². The number of ether oxygens (including phenoxy) is 1. The maximum Gasteiger partial charge on any atom is 0.185 e. The number of carbonyl (C=O) groups is 1. The van der Waals surface area contributed by atoms with Crippen LogP contribution in [0.3, 0.4) is 0 Å². The van der Waals surface area contributed by atoms with Crippen LogP contribution in [0.2, 0.25) is 0 Å². The van der Waals surface area contributed by atoms with Crippen LogP contribution in [-0.2, 0) is 4.74 Å². The summed E-state index contributed by atoms with van der Waals surface area (Å²) in [6.45, 7) is 4.75. The summed E-state index contributed by atoms with van der Waals surface area (Å²) in [5.41, 5.74) is 0.186. The predicted molar refractivity (Wildman–Crippen MR) is 121 cm³/mol. The molecule has 2 N–H and O–H groups in total. The molecule has 0 radical (unpaired) electrons. The largest absolute Gasteiger partial charge is 0.385 e. The molecule has 0 spiro atoms. The van der Waals surface area contributed by atoms with Crippen molar-refractivity contribution in [1.29, 1.82) is 0 Å². The van der Waals surface area contributed by atoms with Crippen LogP contribution >= 0.6 is 12.6 Å². The third-order valence-electron chi connectivity index (χ3n) is 6.49. The maximum absolute atomic E-state index is 14.1. The van der Waals surface area contributed by atoms with E-state index < -0.39 is 5.54 Å². The van der Waals surface area contributed by atoms with Crippen LogP contribution in [0.5, 0.6) is 0 Å². The molecule has 2 aliphatic rings. The minimum atomic E-state index is -0.615. The van der Waals surface area contributed by atoms with Crippen molar-refractivity contribution in [2.45, 2.75) is 29.7 Å². The van der Waals surface area contributed by atoms with Crippen molar-refractivity contribution in [3.05, 3.63) is 48.0 Å². The van der Waals surface area contributed by atoms with Crippen LogP contribution in [0.25, 0.3) is 10.8 Å². The molecule has 6 heteroatoms. The number of hydrogen-bond donors (Lipinski definition) is 3. The number of nitrogens with one attached hydrogen (secondary N) is 2. The van der Waals surface area contributed by atoms with Crippen molar-refractivity contribution >= 4 is 29.2 Å². The molecule has 156 valence electrons. The molecule has 2 aromatic carbocycles. The maximum atomic E-state index is 14.1. The predicted octanol–water partition coefficient (Wildman–Crippen LogP) is 2.36. The van der Waals surface area contributed by atoms with E-state index in [1.54, 1.807) is 7.11 Å². The second kappa shape index (κ2) is 9.14. The lowest BCUT2D eigenvalue weighted by molar-refractivity contribution is 0.0237. The van der Waals surface area contributed by atoms with Gasteiger partial charge >= 0.3 is 0 Å². The molecule has 3 atom stereocenters. The number of carbonyl (C=O) groups excluding carboxylic acids is 1. The van der Waals surface area contributed by atoms with E-state index in [2.05, 4.69) is 33.7 Å². The van der Waals surface area contributed by atoms with Crippen LogP contribution in [-0.4, -0.2) is 74.0 Å². The van der Waals surface area contributed by atoms with E-state index in [9.17, 15) is 4.79 Å². The Kier molecular flexibility index (Phi) is 6.56. The van der Waals surface area contributed by atoms with Crippen LogP contribution in [0.4, 0.5) is 0 Å². The molecule has 2 aliphatic heterocycles. The quantitative estimate of drug-likeness (QED) is 0.481. The number of nitrogens with zero attached hydrogens (tertiary/aromatic N) is 1. The van der Waals surface area contributed by atoms with E-state index in [1.165, 1.54) is 0 Å². The molecule has 4 rings (SSSR count). The van der Waals surface area contributed by atoms with Crippen LogP contribution in [0.1, 0.15) is 23.2 Å². The van der Waals surface area contributed by atoms with Gasteiger partial charge in [0, 0.05) is 56.8 Å². The van der Waals surface area contributed by atoms with Gasteiger partial charge in [-0.1, -0.05) is 42.5 Å². The Morgan fingerprint density at radius 1 is 1.24 bits per heavy atom. The average molecular weight is 414 g/mol. The highest BCUT2D eigenvalue weighted by Gasteiger charge is 2.47. The van der Waals surface area contributed by atoms with Gasteiger partial charge in [0.25, 0.3) is 0 Å². The zero-order chi connectivity index (χ0) is 20.3. The lowest BCUT2D eigenvalue weighted by atomic mass is 9.81. The Hall–Kier alpha value is -1.44. The topological polar surface area (TPSA) is 53.6 Å². The van der Waals surface area contributed by atoms with Crippen molar-refractivity contribution in [3.63, 3.8) is 0 Å². The monoisotopic (exact) mass is 413 g/mol. The minimum Gasteiger partial charge on any atom is -0.385 e. The summed E-state index contributed by atoms with van der Waals surface area (Å²) >= 11 is 4.77. The van der Waals surface area contributed by atoms with Gasteiger partial charge < -0.3 is 15.4 Å². The zero-order valence-corrected chi connectivity index (χ0v) is 18.0. The highest BCUT2D eigenvalue weighted by Crippen LogP contribution is 2.31. The van der Waals surface area contributed by atoms with Crippen LogP contribution in [0.15, 0.2) is 42.5 Å². The van der Waals surface area contributed by atoms with Gasteiger partial charge in [-0.3, -0.25) is 9.69 Å². The van der Waals surface area contributed by atoms with Gasteiger partial charge in [-0.25, -0.2) is 0 Å². The summed E-state index contributed by atoms with van der Waals surface area (Å²) in [5.74, 6) is 0.187. The van der Waals surface area contributed by atoms with Crippen LogP contribution in [0, 0.1) is 0 Å². The Labute approximate surface area is 178 Å². The number of ketones is 1. The van der Waals surface area contributed by atoms with Gasteiger partial charge in [0.2, 0.25) is 0 Å². The van der Waals surface area contributed by atoms with Gasteiger partial charge in [-0.15, -0.1) is 0 Å². The average Bonchev–Trinajstić information content (AvgIpc) is 3.16. The molecule has 2 fully saturated rings. The number of hydrogen-bond acceptors (Lipinski definition) is 6. The highest BCUT2D eigenvalue weighted by atomic mass is 32.1. The molecule has 0 saturated carbocycles. The number of benzene rings is 2. The normalized spacial score (nSPS) is 28.1. The summed E-state index contributed by atoms with van der Waals surface area (Å²) in [6, 6.07) is 14.5. The molecule has 5 nitrogen and oxygen atoms in total. The Balaban J connectivity index is 1.72. The smallest absolute Gasteiger partial charge is 0.185 e. The van der Waals surface area contributed by atoms with E-state index >= 15 is 0 Å². The van der Waals surface area contributed by atoms with Crippen molar-refractivity contribution in [1.82, 2.24) is 15.5 Å². The summed E-state index contributed by atoms with van der Waals surface area (Å²) < 4.78 is 5.45. The Morgan fingerprint density at radius 2 is 2.07 bits per heavy atom. The van der Waals surface area contributed by atoms with Gasteiger partial charge in [0.1, 0.15) is 0 Å². The molecule has 0 amide bonds. The number of Topliss-reactive ketones (excluding diaryl/α,β-unsaturated/α-hetero) is 1. The fourth-order valence-electron chi connectivity index (χ4n) is 4.81. The second-order valence-corrected chi connectivity index (χ2v) is 8.83. The number of rotatable bonds is 7.